The van der Waals surface area contributed by atoms with Crippen LogP contribution in [0.25, 0.3) is 10.2 Å². The molecule has 3 rings (SSSR count). The van der Waals surface area contributed by atoms with Gasteiger partial charge in [-0.05, 0) is 36.4 Å². The smallest absolute Gasteiger partial charge is 0.286 e. The lowest BCUT2D eigenvalue weighted by atomic mass is 10.3. The molecule has 0 aliphatic rings. The van der Waals surface area contributed by atoms with Crippen LogP contribution in [0.15, 0.2) is 47.5 Å². The van der Waals surface area contributed by atoms with E-state index in [1.54, 1.807) is 35.9 Å². The number of aromatic nitrogens is 1. The van der Waals surface area contributed by atoms with E-state index in [1.807, 2.05) is 18.2 Å². The molecule has 0 bridgehead atoms. The Morgan fingerprint density at radius 1 is 1.31 bits per heavy atom. The van der Waals surface area contributed by atoms with Gasteiger partial charge in [-0.15, -0.1) is 6.42 Å². The highest BCUT2D eigenvalue weighted by molar-refractivity contribution is 7.16. The number of amides is 1. The van der Waals surface area contributed by atoms with E-state index in [9.17, 15) is 4.79 Å². The first-order valence-corrected chi connectivity index (χ1v) is 8.87. The number of hydrogen-bond acceptors (Lipinski definition) is 4. The molecule has 3 aromatic rings. The second-order valence-electron chi connectivity index (χ2n) is 5.23. The summed E-state index contributed by atoms with van der Waals surface area (Å²) in [5.74, 6) is 3.41. The van der Waals surface area contributed by atoms with Gasteiger partial charge in [0.15, 0.2) is 11.4 Å². The number of benzene rings is 2. The highest BCUT2D eigenvalue weighted by atomic mass is 35.5. The summed E-state index contributed by atoms with van der Waals surface area (Å²) in [5.41, 5.74) is 0.822. The fraction of sp³-hybridized carbons (Fsp3) is 0.158. The number of rotatable bonds is 5. The molecule has 0 radical (unpaired) electrons. The molecule has 0 aliphatic carbocycles. The molecule has 26 heavy (non-hydrogen) atoms. The second kappa shape index (κ2) is 8.09. The molecule has 0 aliphatic heterocycles. The van der Waals surface area contributed by atoms with Gasteiger partial charge in [-0.25, -0.2) is 0 Å². The highest BCUT2D eigenvalue weighted by Gasteiger charge is 2.12. The van der Waals surface area contributed by atoms with Crippen LogP contribution in [0.3, 0.4) is 0 Å². The second-order valence-corrected chi connectivity index (χ2v) is 6.68. The Morgan fingerprint density at radius 3 is 2.77 bits per heavy atom. The minimum atomic E-state index is -0.406. The zero-order valence-corrected chi connectivity index (χ0v) is 15.5. The van der Waals surface area contributed by atoms with Crippen LogP contribution in [0.1, 0.15) is 0 Å². The summed E-state index contributed by atoms with van der Waals surface area (Å²) in [4.78, 5) is 16.9. The van der Waals surface area contributed by atoms with Crippen molar-refractivity contribution in [2.75, 3.05) is 13.7 Å². The summed E-state index contributed by atoms with van der Waals surface area (Å²) in [6.45, 7) is 0.105. The van der Waals surface area contributed by atoms with Gasteiger partial charge in [-0.2, -0.15) is 4.99 Å². The molecule has 2 aromatic carbocycles. The number of terminal acetylenes is 1. The Hall–Kier alpha value is -2.75. The number of hydrogen-bond donors (Lipinski definition) is 0. The maximum atomic E-state index is 12.2. The van der Waals surface area contributed by atoms with Crippen LogP contribution >= 0.6 is 22.9 Å². The average molecular weight is 387 g/mol. The quantitative estimate of drug-likeness (QED) is 0.630. The van der Waals surface area contributed by atoms with E-state index in [-0.39, 0.29) is 13.2 Å². The molecule has 1 amide bonds. The Kier molecular flexibility index (Phi) is 5.61. The summed E-state index contributed by atoms with van der Waals surface area (Å²) >= 11 is 7.20. The molecular formula is C19H15ClN2O3S. The van der Waals surface area contributed by atoms with Crippen molar-refractivity contribution in [3.8, 4) is 23.8 Å². The predicted molar refractivity (Wildman–Crippen MR) is 103 cm³/mol. The average Bonchev–Trinajstić information content (AvgIpc) is 2.99. The van der Waals surface area contributed by atoms with E-state index in [0.29, 0.717) is 21.3 Å². The van der Waals surface area contributed by atoms with E-state index in [0.717, 1.165) is 10.2 Å². The molecule has 0 atom stereocenters. The summed E-state index contributed by atoms with van der Waals surface area (Å²) in [7, 11) is 1.59. The molecule has 0 spiro atoms. The minimum absolute atomic E-state index is 0.178. The van der Waals surface area contributed by atoms with Crippen LogP contribution in [0.2, 0.25) is 5.02 Å². The first-order chi connectivity index (χ1) is 12.6. The van der Waals surface area contributed by atoms with Gasteiger partial charge in [-0.1, -0.05) is 34.9 Å². The van der Waals surface area contributed by atoms with Crippen molar-refractivity contribution in [2.24, 2.45) is 4.99 Å². The van der Waals surface area contributed by atoms with Crippen molar-refractivity contribution < 1.29 is 14.3 Å². The standard InChI is InChI=1S/C19H15ClN2O3S/c1-3-11-22-18-15(24-2)5-4-6-16(18)26-19(22)21-17(23)12-25-14-9-7-13(20)8-10-14/h1,4-10H,11-12H2,2H3. The van der Waals surface area contributed by atoms with E-state index >= 15 is 0 Å². The van der Waals surface area contributed by atoms with E-state index in [4.69, 9.17) is 27.5 Å². The molecule has 0 fully saturated rings. The van der Waals surface area contributed by atoms with Crippen molar-refractivity contribution in [3.63, 3.8) is 0 Å². The van der Waals surface area contributed by atoms with Crippen molar-refractivity contribution in [1.29, 1.82) is 0 Å². The molecule has 1 heterocycles. The van der Waals surface area contributed by atoms with Gasteiger partial charge in [0.1, 0.15) is 17.0 Å². The van der Waals surface area contributed by atoms with Crippen molar-refractivity contribution in [3.05, 3.63) is 52.3 Å². The van der Waals surface area contributed by atoms with E-state index in [1.165, 1.54) is 11.3 Å². The zero-order chi connectivity index (χ0) is 18.5. The lowest BCUT2D eigenvalue weighted by Crippen LogP contribution is -2.19. The number of carbonyl (C=O) groups excluding carboxylic acids is 1. The van der Waals surface area contributed by atoms with Gasteiger partial charge in [0.2, 0.25) is 0 Å². The maximum Gasteiger partial charge on any atom is 0.286 e. The number of halogens is 1. The first kappa shape index (κ1) is 18.1. The molecule has 0 saturated heterocycles. The van der Waals surface area contributed by atoms with Gasteiger partial charge in [-0.3, -0.25) is 4.79 Å². The van der Waals surface area contributed by atoms with Gasteiger partial charge in [0.05, 0.1) is 18.4 Å². The lowest BCUT2D eigenvalue weighted by molar-refractivity contribution is -0.120. The molecule has 7 heteroatoms. The Morgan fingerprint density at radius 2 is 2.08 bits per heavy atom. The summed E-state index contributed by atoms with van der Waals surface area (Å²) in [5, 5.41) is 0.600. The molecular weight excluding hydrogens is 372 g/mol. The summed E-state index contributed by atoms with van der Waals surface area (Å²) < 4.78 is 13.6. The van der Waals surface area contributed by atoms with Gasteiger partial charge in [0.25, 0.3) is 5.91 Å². The number of para-hydroxylation sites is 1. The SMILES string of the molecule is C#CCn1c(=NC(=O)COc2ccc(Cl)cc2)sc2cccc(OC)c21. The normalized spacial score (nSPS) is 11.3. The van der Waals surface area contributed by atoms with Crippen LogP contribution in [0.4, 0.5) is 0 Å². The van der Waals surface area contributed by atoms with Crippen LogP contribution in [-0.2, 0) is 11.3 Å². The predicted octanol–water partition coefficient (Wildman–Crippen LogP) is 3.50. The van der Waals surface area contributed by atoms with Crippen LogP contribution in [-0.4, -0.2) is 24.2 Å². The fourth-order valence-corrected chi connectivity index (χ4v) is 3.59. The van der Waals surface area contributed by atoms with E-state index < -0.39 is 5.91 Å². The Balaban J connectivity index is 1.90. The van der Waals surface area contributed by atoms with Gasteiger partial charge < -0.3 is 14.0 Å². The molecule has 5 nitrogen and oxygen atoms in total. The van der Waals surface area contributed by atoms with Crippen molar-refractivity contribution in [1.82, 2.24) is 4.57 Å². The largest absolute Gasteiger partial charge is 0.495 e. The number of methoxy groups -OCH3 is 1. The first-order valence-electron chi connectivity index (χ1n) is 7.68. The third kappa shape index (κ3) is 3.90. The number of fused-ring (bicyclic) bond motifs is 1. The van der Waals surface area contributed by atoms with Crippen molar-refractivity contribution >= 4 is 39.1 Å². The lowest BCUT2D eigenvalue weighted by Gasteiger charge is -2.05. The highest BCUT2D eigenvalue weighted by Crippen LogP contribution is 2.27. The van der Waals surface area contributed by atoms with Gasteiger partial charge in [0, 0.05) is 5.02 Å². The number of ether oxygens (including phenoxy) is 2. The molecule has 132 valence electrons. The van der Waals surface area contributed by atoms with Crippen molar-refractivity contribution in [2.45, 2.75) is 6.54 Å². The molecule has 0 unspecified atom stereocenters. The van der Waals surface area contributed by atoms with Crippen LogP contribution in [0, 0.1) is 12.3 Å². The van der Waals surface area contributed by atoms with E-state index in [2.05, 4.69) is 10.9 Å². The molecule has 0 saturated carbocycles. The summed E-state index contributed by atoms with van der Waals surface area (Å²) in [6.07, 6.45) is 5.48. The monoisotopic (exact) mass is 386 g/mol. The maximum absolute atomic E-state index is 12.2. The fourth-order valence-electron chi connectivity index (χ4n) is 2.40. The topological polar surface area (TPSA) is 52.8 Å². The molecule has 0 N–H and O–H groups in total. The van der Waals surface area contributed by atoms with Crippen LogP contribution < -0.4 is 14.3 Å². The third-order valence-corrected chi connectivity index (χ3v) is 4.83. The third-order valence-electron chi connectivity index (χ3n) is 3.53. The number of carbonyl (C=O) groups is 1. The zero-order valence-electron chi connectivity index (χ0n) is 13.9. The van der Waals surface area contributed by atoms with Gasteiger partial charge >= 0.3 is 0 Å². The molecule has 1 aromatic heterocycles. The Labute approximate surface area is 159 Å². The van der Waals surface area contributed by atoms with Crippen LogP contribution in [0.5, 0.6) is 11.5 Å². The number of thiazole rings is 1. The Bertz CT molecular complexity index is 1050. The number of nitrogens with zero attached hydrogens (tertiary/aromatic N) is 2. The minimum Gasteiger partial charge on any atom is -0.495 e. The summed E-state index contributed by atoms with van der Waals surface area (Å²) in [6, 6.07) is 12.4.